The second-order valence-corrected chi connectivity index (χ2v) is 10.1. The number of carbonyl (C=O) groups excluding carboxylic acids is 2. The highest BCUT2D eigenvalue weighted by molar-refractivity contribution is 7.92. The smallest absolute Gasteiger partial charge is 0.263 e. The molecule has 0 saturated carbocycles. The average Bonchev–Trinajstić information content (AvgIpc) is 2.78. The molecule has 1 saturated heterocycles. The Balaban J connectivity index is 1.79. The minimum Gasteiger partial charge on any atom is -0.356 e. The maximum Gasteiger partial charge on any atom is 0.263 e. The number of nitrogens with zero attached hydrogens (tertiary/aromatic N) is 1. The van der Waals surface area contributed by atoms with E-state index in [-0.39, 0.29) is 33.2 Å². The van der Waals surface area contributed by atoms with Gasteiger partial charge in [0.25, 0.3) is 15.9 Å². The molecule has 0 aromatic heterocycles. The van der Waals surface area contributed by atoms with E-state index in [1.165, 1.54) is 30.3 Å². The molecule has 2 aromatic carbocycles. The quantitative estimate of drug-likeness (QED) is 0.599. The van der Waals surface area contributed by atoms with Gasteiger partial charge in [0.15, 0.2) is 0 Å². The van der Waals surface area contributed by atoms with Gasteiger partial charge in [0.2, 0.25) is 5.91 Å². The summed E-state index contributed by atoms with van der Waals surface area (Å²) in [6.45, 7) is 3.37. The van der Waals surface area contributed by atoms with Gasteiger partial charge in [-0.05, 0) is 61.7 Å². The van der Waals surface area contributed by atoms with Gasteiger partial charge < -0.3 is 10.2 Å². The van der Waals surface area contributed by atoms with E-state index in [4.69, 9.17) is 23.2 Å². The maximum atomic E-state index is 13.1. The molecule has 32 heavy (non-hydrogen) atoms. The van der Waals surface area contributed by atoms with Crippen LogP contribution in [0.1, 0.15) is 36.5 Å². The fourth-order valence-electron chi connectivity index (χ4n) is 3.52. The number of amides is 2. The van der Waals surface area contributed by atoms with Crippen LogP contribution in [-0.4, -0.2) is 44.8 Å². The Kier molecular flexibility index (Phi) is 8.03. The zero-order valence-corrected chi connectivity index (χ0v) is 19.9. The SMILES string of the molecule is CCCNC(=O)C1CCCN(C(=O)c2ccc(Cl)c(S(=O)(=O)Nc3ccc(Cl)cc3)c2)C1. The van der Waals surface area contributed by atoms with Crippen molar-refractivity contribution in [1.29, 1.82) is 0 Å². The van der Waals surface area contributed by atoms with Gasteiger partial charge in [-0.3, -0.25) is 14.3 Å². The van der Waals surface area contributed by atoms with Crippen LogP contribution >= 0.6 is 23.2 Å². The molecule has 1 fully saturated rings. The van der Waals surface area contributed by atoms with E-state index in [9.17, 15) is 18.0 Å². The van der Waals surface area contributed by atoms with Crippen molar-refractivity contribution in [3.05, 3.63) is 58.1 Å². The molecule has 0 bridgehead atoms. The summed E-state index contributed by atoms with van der Waals surface area (Å²) in [5, 5.41) is 3.35. The van der Waals surface area contributed by atoms with Gasteiger partial charge in [0.05, 0.1) is 10.9 Å². The number of anilines is 1. The molecular formula is C22H25Cl2N3O4S. The molecule has 10 heteroatoms. The Labute approximate surface area is 198 Å². The van der Waals surface area contributed by atoms with Crippen molar-refractivity contribution in [2.75, 3.05) is 24.4 Å². The summed E-state index contributed by atoms with van der Waals surface area (Å²) in [5.74, 6) is -0.671. The Bertz CT molecular complexity index is 1090. The van der Waals surface area contributed by atoms with Crippen molar-refractivity contribution in [3.63, 3.8) is 0 Å². The van der Waals surface area contributed by atoms with E-state index in [1.54, 1.807) is 17.0 Å². The molecule has 1 atom stereocenters. The fraction of sp³-hybridized carbons (Fsp3) is 0.364. The first-order chi connectivity index (χ1) is 15.2. The van der Waals surface area contributed by atoms with Crippen LogP contribution in [0.25, 0.3) is 0 Å². The standard InChI is InChI=1S/C22H25Cl2N3O4S/c1-2-11-25-21(28)16-4-3-12-27(14-16)22(29)15-5-10-19(24)20(13-15)32(30,31)26-18-8-6-17(23)7-9-18/h5-10,13,16,26H,2-4,11-12,14H2,1H3,(H,25,28). The molecule has 1 aliphatic heterocycles. The molecule has 2 aromatic rings. The van der Waals surface area contributed by atoms with Crippen LogP contribution in [0.5, 0.6) is 0 Å². The van der Waals surface area contributed by atoms with E-state index in [0.29, 0.717) is 43.2 Å². The summed E-state index contributed by atoms with van der Waals surface area (Å²) in [6.07, 6.45) is 2.25. The highest BCUT2D eigenvalue weighted by atomic mass is 35.5. The molecule has 2 N–H and O–H groups in total. The first kappa shape index (κ1) is 24.4. The van der Waals surface area contributed by atoms with Crippen LogP contribution in [0.2, 0.25) is 10.0 Å². The number of hydrogen-bond donors (Lipinski definition) is 2. The molecular weight excluding hydrogens is 473 g/mol. The molecule has 1 aliphatic rings. The first-order valence-electron chi connectivity index (χ1n) is 10.4. The lowest BCUT2D eigenvalue weighted by Crippen LogP contribution is -2.45. The predicted molar refractivity (Wildman–Crippen MR) is 126 cm³/mol. The summed E-state index contributed by atoms with van der Waals surface area (Å²) in [7, 11) is -4.04. The minimum atomic E-state index is -4.04. The summed E-state index contributed by atoms with van der Waals surface area (Å²) in [6, 6.07) is 10.3. The molecule has 2 amide bonds. The zero-order chi connectivity index (χ0) is 23.3. The van der Waals surface area contributed by atoms with Crippen LogP contribution in [-0.2, 0) is 14.8 Å². The third-order valence-corrected chi connectivity index (χ3v) is 7.31. The fourth-order valence-corrected chi connectivity index (χ4v) is 5.23. The highest BCUT2D eigenvalue weighted by Gasteiger charge is 2.29. The molecule has 172 valence electrons. The Morgan fingerprint density at radius 1 is 1.12 bits per heavy atom. The number of hydrogen-bond acceptors (Lipinski definition) is 4. The van der Waals surface area contributed by atoms with Crippen LogP contribution in [0.3, 0.4) is 0 Å². The largest absolute Gasteiger partial charge is 0.356 e. The molecule has 0 aliphatic carbocycles. The van der Waals surface area contributed by atoms with Gasteiger partial charge in [-0.15, -0.1) is 0 Å². The van der Waals surface area contributed by atoms with Gasteiger partial charge in [-0.1, -0.05) is 30.1 Å². The van der Waals surface area contributed by atoms with Crippen molar-refractivity contribution < 1.29 is 18.0 Å². The van der Waals surface area contributed by atoms with Crippen molar-refractivity contribution in [1.82, 2.24) is 10.2 Å². The van der Waals surface area contributed by atoms with E-state index in [2.05, 4.69) is 10.0 Å². The van der Waals surface area contributed by atoms with Crippen molar-refractivity contribution in [3.8, 4) is 0 Å². The lowest BCUT2D eigenvalue weighted by atomic mass is 9.96. The predicted octanol–water partition coefficient (Wildman–Crippen LogP) is 4.17. The van der Waals surface area contributed by atoms with Crippen molar-refractivity contribution in [2.45, 2.75) is 31.1 Å². The summed E-state index contributed by atoms with van der Waals surface area (Å²) < 4.78 is 28.2. The summed E-state index contributed by atoms with van der Waals surface area (Å²) in [4.78, 5) is 26.8. The van der Waals surface area contributed by atoms with E-state index < -0.39 is 10.0 Å². The lowest BCUT2D eigenvalue weighted by Gasteiger charge is -2.32. The number of carbonyl (C=O) groups is 2. The molecule has 3 rings (SSSR count). The van der Waals surface area contributed by atoms with Crippen molar-refractivity contribution >= 4 is 50.7 Å². The van der Waals surface area contributed by atoms with Gasteiger partial charge in [0, 0.05) is 35.9 Å². The van der Waals surface area contributed by atoms with Crippen LogP contribution in [0.4, 0.5) is 5.69 Å². The normalized spacial score (nSPS) is 16.5. The molecule has 7 nitrogen and oxygen atoms in total. The third-order valence-electron chi connectivity index (χ3n) is 5.19. The van der Waals surface area contributed by atoms with E-state index >= 15 is 0 Å². The van der Waals surface area contributed by atoms with Crippen LogP contribution < -0.4 is 10.0 Å². The Morgan fingerprint density at radius 2 is 1.84 bits per heavy atom. The third kappa shape index (κ3) is 5.94. The topological polar surface area (TPSA) is 95.6 Å². The van der Waals surface area contributed by atoms with Gasteiger partial charge in [-0.25, -0.2) is 8.42 Å². The zero-order valence-electron chi connectivity index (χ0n) is 17.6. The summed E-state index contributed by atoms with van der Waals surface area (Å²) >= 11 is 12.0. The number of nitrogens with one attached hydrogen (secondary N) is 2. The first-order valence-corrected chi connectivity index (χ1v) is 12.6. The number of halogens is 2. The monoisotopic (exact) mass is 497 g/mol. The van der Waals surface area contributed by atoms with Gasteiger partial charge in [0.1, 0.15) is 4.90 Å². The van der Waals surface area contributed by atoms with Gasteiger partial charge in [-0.2, -0.15) is 0 Å². The number of sulfonamides is 1. The van der Waals surface area contributed by atoms with Crippen LogP contribution in [0.15, 0.2) is 47.4 Å². The molecule has 0 radical (unpaired) electrons. The second kappa shape index (κ2) is 10.6. The second-order valence-electron chi connectivity index (χ2n) is 7.64. The lowest BCUT2D eigenvalue weighted by molar-refractivity contribution is -0.126. The Morgan fingerprint density at radius 3 is 2.53 bits per heavy atom. The van der Waals surface area contributed by atoms with E-state index in [0.717, 1.165) is 6.42 Å². The van der Waals surface area contributed by atoms with Crippen molar-refractivity contribution in [2.24, 2.45) is 5.92 Å². The summed E-state index contributed by atoms with van der Waals surface area (Å²) in [5.41, 5.74) is 0.514. The minimum absolute atomic E-state index is 0.00141. The average molecular weight is 498 g/mol. The molecule has 1 unspecified atom stereocenters. The van der Waals surface area contributed by atoms with Crippen LogP contribution in [0, 0.1) is 5.92 Å². The molecule has 0 spiro atoms. The number of piperidine rings is 1. The van der Waals surface area contributed by atoms with Gasteiger partial charge >= 0.3 is 0 Å². The molecule has 1 heterocycles. The number of benzene rings is 2. The highest BCUT2D eigenvalue weighted by Crippen LogP contribution is 2.27. The number of rotatable bonds is 7. The number of likely N-dealkylation sites (tertiary alicyclic amines) is 1. The maximum absolute atomic E-state index is 13.1. The van der Waals surface area contributed by atoms with E-state index in [1.807, 2.05) is 6.92 Å². The Hall–Kier alpha value is -2.29.